The van der Waals surface area contributed by atoms with Crippen molar-refractivity contribution in [2.24, 2.45) is 12.8 Å². The van der Waals surface area contributed by atoms with Gasteiger partial charge in [0.2, 0.25) is 0 Å². The molecule has 4 nitrogen and oxygen atoms in total. The number of halogens is 1. The summed E-state index contributed by atoms with van der Waals surface area (Å²) in [6.07, 6.45) is 0. The van der Waals surface area contributed by atoms with E-state index in [1.807, 2.05) is 32.2 Å². The van der Waals surface area contributed by atoms with E-state index in [0.717, 1.165) is 33.0 Å². The number of ether oxygens (including phenoxy) is 1. The molecule has 18 heavy (non-hydrogen) atoms. The van der Waals surface area contributed by atoms with Crippen LogP contribution in [0, 0.1) is 6.92 Å². The van der Waals surface area contributed by atoms with Gasteiger partial charge in [-0.05, 0) is 41.1 Å². The van der Waals surface area contributed by atoms with Gasteiger partial charge in [0.1, 0.15) is 11.6 Å². The van der Waals surface area contributed by atoms with Crippen LogP contribution in [0.1, 0.15) is 11.5 Å². The van der Waals surface area contributed by atoms with Crippen LogP contribution in [0.15, 0.2) is 22.7 Å². The molecule has 5 heteroatoms. The Bertz CT molecular complexity index is 578. The Morgan fingerprint density at radius 1 is 1.44 bits per heavy atom. The molecule has 0 bridgehead atoms. The van der Waals surface area contributed by atoms with Crippen LogP contribution < -0.4 is 10.5 Å². The Labute approximate surface area is 115 Å². The van der Waals surface area contributed by atoms with Crippen LogP contribution in [0.4, 0.5) is 0 Å². The fourth-order valence-corrected chi connectivity index (χ4v) is 2.54. The van der Waals surface area contributed by atoms with Crippen LogP contribution in [-0.2, 0) is 13.6 Å². The summed E-state index contributed by atoms with van der Waals surface area (Å²) in [4.78, 5) is 4.47. The normalized spacial score (nSPS) is 10.7. The molecule has 1 aromatic heterocycles. The van der Waals surface area contributed by atoms with Crippen LogP contribution in [-0.4, -0.2) is 16.7 Å². The van der Waals surface area contributed by atoms with Crippen LogP contribution in [0.2, 0.25) is 0 Å². The Balaban J connectivity index is 2.58. The molecule has 0 radical (unpaired) electrons. The van der Waals surface area contributed by atoms with E-state index in [4.69, 9.17) is 10.5 Å². The first-order chi connectivity index (χ1) is 8.58. The third kappa shape index (κ3) is 2.15. The van der Waals surface area contributed by atoms with Crippen molar-refractivity contribution in [1.29, 1.82) is 0 Å². The molecule has 1 aromatic carbocycles. The fraction of sp³-hybridized carbons (Fsp3) is 0.308. The van der Waals surface area contributed by atoms with Gasteiger partial charge in [-0.3, -0.25) is 0 Å². The lowest BCUT2D eigenvalue weighted by molar-refractivity contribution is 0.412. The van der Waals surface area contributed by atoms with Gasteiger partial charge in [0.15, 0.2) is 0 Å². The maximum Gasteiger partial charge on any atom is 0.133 e. The van der Waals surface area contributed by atoms with E-state index < -0.39 is 0 Å². The minimum Gasteiger partial charge on any atom is -0.496 e. The maximum atomic E-state index is 5.75. The third-order valence-electron chi connectivity index (χ3n) is 3.01. The van der Waals surface area contributed by atoms with Gasteiger partial charge in [-0.1, -0.05) is 0 Å². The lowest BCUT2D eigenvalue weighted by atomic mass is 10.1. The summed E-state index contributed by atoms with van der Waals surface area (Å²) < 4.78 is 8.21. The van der Waals surface area contributed by atoms with E-state index in [1.165, 1.54) is 0 Å². The molecule has 0 aliphatic carbocycles. The summed E-state index contributed by atoms with van der Waals surface area (Å²) in [7, 11) is 3.65. The number of aryl methyl sites for hydroxylation is 1. The van der Waals surface area contributed by atoms with Crippen LogP contribution in [0.5, 0.6) is 5.75 Å². The predicted octanol–water partition coefficient (Wildman–Crippen LogP) is 2.63. The summed E-state index contributed by atoms with van der Waals surface area (Å²) in [5.41, 5.74) is 8.79. The van der Waals surface area contributed by atoms with Crippen molar-refractivity contribution in [3.05, 3.63) is 34.2 Å². The third-order valence-corrected chi connectivity index (χ3v) is 3.63. The second-order valence-electron chi connectivity index (χ2n) is 4.07. The lowest BCUT2D eigenvalue weighted by Gasteiger charge is -2.09. The highest BCUT2D eigenvalue weighted by Crippen LogP contribution is 2.32. The zero-order chi connectivity index (χ0) is 13.3. The van der Waals surface area contributed by atoms with Gasteiger partial charge in [0.25, 0.3) is 0 Å². The van der Waals surface area contributed by atoms with Crippen molar-refractivity contribution in [3.8, 4) is 17.0 Å². The molecule has 1 heterocycles. The van der Waals surface area contributed by atoms with E-state index in [0.29, 0.717) is 6.54 Å². The highest BCUT2D eigenvalue weighted by atomic mass is 79.9. The molecule has 0 fully saturated rings. The SMILES string of the molecule is COc1ccc(-c2c(CN)nc(C)n2C)cc1Br. The maximum absolute atomic E-state index is 5.75. The molecule has 0 spiro atoms. The molecule has 0 aliphatic heterocycles. The first-order valence-corrected chi connectivity index (χ1v) is 6.44. The van der Waals surface area contributed by atoms with Gasteiger partial charge in [0.05, 0.1) is 23.0 Å². The van der Waals surface area contributed by atoms with Crippen molar-refractivity contribution in [1.82, 2.24) is 9.55 Å². The second kappa shape index (κ2) is 5.12. The van der Waals surface area contributed by atoms with Crippen LogP contribution in [0.25, 0.3) is 11.3 Å². The number of nitrogens with two attached hydrogens (primary N) is 1. The average molecular weight is 310 g/mol. The molecule has 0 unspecified atom stereocenters. The molecule has 0 aliphatic rings. The van der Waals surface area contributed by atoms with Gasteiger partial charge in [-0.25, -0.2) is 4.98 Å². The molecular weight excluding hydrogens is 294 g/mol. The minimum absolute atomic E-state index is 0.431. The van der Waals surface area contributed by atoms with Gasteiger partial charge >= 0.3 is 0 Å². The Kier molecular flexibility index (Phi) is 3.73. The Morgan fingerprint density at radius 3 is 2.72 bits per heavy atom. The smallest absolute Gasteiger partial charge is 0.133 e. The van der Waals surface area contributed by atoms with Crippen molar-refractivity contribution in [2.75, 3.05) is 7.11 Å². The highest BCUT2D eigenvalue weighted by Gasteiger charge is 2.14. The fourth-order valence-electron chi connectivity index (χ4n) is 1.99. The quantitative estimate of drug-likeness (QED) is 0.948. The Hall–Kier alpha value is -1.33. The zero-order valence-electron chi connectivity index (χ0n) is 10.7. The van der Waals surface area contributed by atoms with E-state index in [1.54, 1.807) is 7.11 Å². The lowest BCUT2D eigenvalue weighted by Crippen LogP contribution is -2.01. The van der Waals surface area contributed by atoms with E-state index in [9.17, 15) is 0 Å². The number of hydrogen-bond acceptors (Lipinski definition) is 3. The number of methoxy groups -OCH3 is 1. The first kappa shape index (κ1) is 13.1. The molecule has 0 saturated heterocycles. The summed E-state index contributed by atoms with van der Waals surface area (Å²) in [6, 6.07) is 5.97. The monoisotopic (exact) mass is 309 g/mol. The van der Waals surface area contributed by atoms with Gasteiger partial charge in [0, 0.05) is 19.2 Å². The predicted molar refractivity (Wildman–Crippen MR) is 75.5 cm³/mol. The van der Waals surface area contributed by atoms with Crippen LogP contribution in [0.3, 0.4) is 0 Å². The molecule has 2 aromatic rings. The average Bonchev–Trinajstić information content (AvgIpc) is 2.65. The largest absolute Gasteiger partial charge is 0.496 e. The number of rotatable bonds is 3. The Morgan fingerprint density at radius 2 is 2.17 bits per heavy atom. The molecular formula is C13H16BrN3O. The molecule has 0 saturated carbocycles. The summed E-state index contributed by atoms with van der Waals surface area (Å²) in [5, 5.41) is 0. The standard InChI is InChI=1S/C13H16BrN3O/c1-8-16-11(7-15)13(17(8)2)9-4-5-12(18-3)10(14)6-9/h4-6H,7,15H2,1-3H3. The number of hydrogen-bond donors (Lipinski definition) is 1. The van der Waals surface area contributed by atoms with Gasteiger partial charge in [-0.2, -0.15) is 0 Å². The van der Waals surface area contributed by atoms with Crippen molar-refractivity contribution in [2.45, 2.75) is 13.5 Å². The van der Waals surface area contributed by atoms with Crippen molar-refractivity contribution < 1.29 is 4.74 Å². The van der Waals surface area contributed by atoms with Crippen LogP contribution >= 0.6 is 15.9 Å². The molecule has 0 atom stereocenters. The van der Waals surface area contributed by atoms with Gasteiger partial charge < -0.3 is 15.0 Å². The number of benzene rings is 1. The number of nitrogens with zero attached hydrogens (tertiary/aromatic N) is 2. The molecule has 2 rings (SSSR count). The van der Waals surface area contributed by atoms with Crippen molar-refractivity contribution >= 4 is 15.9 Å². The summed E-state index contributed by atoms with van der Waals surface area (Å²) in [6.45, 7) is 2.40. The van der Waals surface area contributed by atoms with Crippen molar-refractivity contribution in [3.63, 3.8) is 0 Å². The van der Waals surface area contributed by atoms with E-state index >= 15 is 0 Å². The number of aromatic nitrogens is 2. The second-order valence-corrected chi connectivity index (χ2v) is 4.92. The number of imidazole rings is 1. The van der Waals surface area contributed by atoms with Gasteiger partial charge in [-0.15, -0.1) is 0 Å². The topological polar surface area (TPSA) is 53.1 Å². The molecule has 2 N–H and O–H groups in total. The zero-order valence-corrected chi connectivity index (χ0v) is 12.3. The summed E-state index contributed by atoms with van der Waals surface area (Å²) >= 11 is 3.50. The first-order valence-electron chi connectivity index (χ1n) is 5.64. The molecule has 96 valence electrons. The molecule has 0 amide bonds. The minimum atomic E-state index is 0.431. The summed E-state index contributed by atoms with van der Waals surface area (Å²) in [5.74, 6) is 1.77. The highest BCUT2D eigenvalue weighted by molar-refractivity contribution is 9.10. The van der Waals surface area contributed by atoms with E-state index in [-0.39, 0.29) is 0 Å². The van der Waals surface area contributed by atoms with E-state index in [2.05, 4.69) is 25.5 Å².